The number of aliphatic hydroxyl groups excluding tert-OH is 1. The van der Waals surface area contributed by atoms with Crippen LogP contribution < -0.4 is 20.2 Å². The number of ketones is 1. The highest BCUT2D eigenvalue weighted by atomic mass is 19.1. The standard InChI is InChI=1S/C51H64FN3O12/c1-24(2)55(12,13)19-21-63-33-22-34(52)40-36(23-33)66-48-41(53-40)37-38-44(58)31(9)47-39(37)49(60)51(11,67-47)64-20-18-35(62-14)30(8)46(65-32(10)56)29(7)27(5)28(6)43(57)25(3)16-15-17-26(4)50(61)54-42(48)45(38)59/h15-18,20,22-25,27-30,35,43,46,57H,19,21H2,1-14H3,(H-,53,54,58,59,60,61)/p+1/b16-15+,20-18+,26-17-/t25-,27+,28-,29+,30+,35-,43-,46-,51-/m0/s1. The number of phenolic OH excluding ortho intramolecular Hbond substituents is 1. The third-order valence-corrected chi connectivity index (χ3v) is 14.3. The number of aliphatic hydroxyl groups is 1. The molecule has 0 spiro atoms. The fraction of sp³-hybridized carbons (Fsp3) is 0.510. The van der Waals surface area contributed by atoms with E-state index >= 15 is 4.39 Å². The van der Waals surface area contributed by atoms with Gasteiger partial charge in [-0.05, 0) is 51.5 Å². The van der Waals surface area contributed by atoms with Crippen molar-refractivity contribution >= 4 is 45.2 Å². The number of phenols is 1. The van der Waals surface area contributed by atoms with Crippen molar-refractivity contribution in [3.8, 4) is 28.7 Å². The summed E-state index contributed by atoms with van der Waals surface area (Å²) in [4.78, 5) is 60.7. The van der Waals surface area contributed by atoms with Crippen LogP contribution in [0.15, 0.2) is 57.5 Å². The molecule has 6 rings (SSSR count). The number of rotatable bonds is 7. The Morgan fingerprint density at radius 2 is 1.70 bits per heavy atom. The summed E-state index contributed by atoms with van der Waals surface area (Å²) in [6.07, 6.45) is 5.46. The van der Waals surface area contributed by atoms with E-state index in [9.17, 15) is 29.4 Å². The molecule has 4 aliphatic rings. The summed E-state index contributed by atoms with van der Waals surface area (Å²) in [5, 5.41) is 25.4. The number of carbonyl (C=O) groups is 3. The Balaban J connectivity index is 1.58. The van der Waals surface area contributed by atoms with Crippen molar-refractivity contribution in [3.63, 3.8) is 0 Å². The number of quaternary nitrogens is 1. The third kappa shape index (κ3) is 9.66. The van der Waals surface area contributed by atoms with Gasteiger partial charge in [-0.3, -0.25) is 19.2 Å². The summed E-state index contributed by atoms with van der Waals surface area (Å²) in [6.45, 7) is 20.3. The quantitative estimate of drug-likeness (QED) is 0.0696. The lowest BCUT2D eigenvalue weighted by Gasteiger charge is -2.39. The van der Waals surface area contributed by atoms with Crippen molar-refractivity contribution in [2.24, 2.45) is 29.6 Å². The van der Waals surface area contributed by atoms with Crippen LogP contribution in [0, 0.1) is 42.3 Å². The third-order valence-electron chi connectivity index (χ3n) is 14.3. The molecule has 3 heterocycles. The lowest BCUT2D eigenvalue weighted by molar-refractivity contribution is -0.911. The molecule has 4 bridgehead atoms. The summed E-state index contributed by atoms with van der Waals surface area (Å²) >= 11 is 0. The van der Waals surface area contributed by atoms with Crippen LogP contribution in [-0.4, -0.2) is 102 Å². The molecule has 0 radical (unpaired) electrons. The molecule has 16 heteroatoms. The number of anilines is 1. The van der Waals surface area contributed by atoms with Crippen LogP contribution in [0.4, 0.5) is 10.1 Å². The van der Waals surface area contributed by atoms with E-state index in [1.54, 1.807) is 18.2 Å². The minimum atomic E-state index is -2.08. The number of hydrogen-bond donors (Lipinski definition) is 3. The minimum absolute atomic E-state index is 0.0128. The fourth-order valence-electron chi connectivity index (χ4n) is 8.80. The largest absolute Gasteiger partial charge is 0.507 e. The van der Waals surface area contributed by atoms with Gasteiger partial charge in [-0.1, -0.05) is 52.8 Å². The van der Waals surface area contributed by atoms with Crippen LogP contribution in [0.2, 0.25) is 0 Å². The minimum Gasteiger partial charge on any atom is -0.507 e. The van der Waals surface area contributed by atoms with Crippen molar-refractivity contribution in [2.75, 3.05) is 39.7 Å². The van der Waals surface area contributed by atoms with Gasteiger partial charge < -0.3 is 48.1 Å². The fourth-order valence-corrected chi connectivity index (χ4v) is 8.80. The number of fused-ring (bicyclic) bond motifs is 2. The second-order valence-corrected chi connectivity index (χ2v) is 19.3. The highest BCUT2D eigenvalue weighted by Gasteiger charge is 2.50. The van der Waals surface area contributed by atoms with Crippen molar-refractivity contribution in [2.45, 2.75) is 106 Å². The molecule has 3 aliphatic heterocycles. The van der Waals surface area contributed by atoms with E-state index in [-0.39, 0.29) is 86.4 Å². The zero-order chi connectivity index (χ0) is 49.6. The number of aromatic nitrogens is 1. The number of carbonyl (C=O) groups excluding carboxylic acids is 3. The zero-order valence-corrected chi connectivity index (χ0v) is 40.9. The average molecular weight is 931 g/mol. The number of halogens is 1. The van der Waals surface area contributed by atoms with Gasteiger partial charge in [0.1, 0.15) is 53.4 Å². The molecular weight excluding hydrogens is 866 g/mol. The predicted molar refractivity (Wildman–Crippen MR) is 252 cm³/mol. The number of esters is 1. The Morgan fingerprint density at radius 3 is 2.34 bits per heavy atom. The van der Waals surface area contributed by atoms with E-state index in [0.29, 0.717) is 17.1 Å². The molecule has 362 valence electrons. The number of aromatic hydroxyl groups is 1. The Morgan fingerprint density at radius 1 is 1.01 bits per heavy atom. The predicted octanol–water partition coefficient (Wildman–Crippen LogP) is 8.23. The first-order valence-electron chi connectivity index (χ1n) is 22.7. The SMILES string of the molecule is CO[C@H]1/C=C/O[C@@]2(C)Oc3c(C)c(O)c4c(=O)c(c5oc6cc(OCC[N+](C)(C)C(C)C)cc(F)c6nc-5c4c3C2=O)NC(=O)/C(C)=C\C=C\[C@H](C)[C@H](O)[C@@H](C)[C@@H](C)[C@@H](C)[C@H](OC(C)=O)[C@@H]1C. The number of nitrogens with one attached hydrogen (secondary N) is 1. The van der Waals surface area contributed by atoms with Crippen molar-refractivity contribution < 1.29 is 61.6 Å². The molecule has 0 saturated carbocycles. The highest BCUT2D eigenvalue weighted by Crippen LogP contribution is 2.50. The molecule has 2 aromatic rings. The molecule has 3 N–H and O–H groups in total. The van der Waals surface area contributed by atoms with Gasteiger partial charge in [0, 0.05) is 61.4 Å². The molecule has 1 amide bonds. The van der Waals surface area contributed by atoms with Gasteiger partial charge >= 0.3 is 11.8 Å². The van der Waals surface area contributed by atoms with Crippen LogP contribution in [-0.2, 0) is 23.8 Å². The summed E-state index contributed by atoms with van der Waals surface area (Å²) in [6, 6.07) is 2.88. The van der Waals surface area contributed by atoms with Crippen LogP contribution in [0.1, 0.15) is 85.2 Å². The summed E-state index contributed by atoms with van der Waals surface area (Å²) in [5.74, 6) is -7.36. The van der Waals surface area contributed by atoms with E-state index in [2.05, 4.69) is 38.2 Å². The first-order valence-corrected chi connectivity index (χ1v) is 22.7. The summed E-state index contributed by atoms with van der Waals surface area (Å²) in [5.41, 5.74) is -2.01. The van der Waals surface area contributed by atoms with Crippen molar-refractivity contribution in [1.82, 2.24) is 4.98 Å². The smallest absolute Gasteiger partial charge is 0.312 e. The van der Waals surface area contributed by atoms with Gasteiger partial charge in [0.05, 0.1) is 49.6 Å². The van der Waals surface area contributed by atoms with Gasteiger partial charge in [-0.15, -0.1) is 0 Å². The second-order valence-electron chi connectivity index (χ2n) is 19.3. The van der Waals surface area contributed by atoms with E-state index in [1.807, 2.05) is 34.6 Å². The molecule has 0 fully saturated rings. The highest BCUT2D eigenvalue weighted by molar-refractivity contribution is 6.22. The first kappa shape index (κ1) is 50.6. The number of methoxy groups -OCH3 is 1. The molecule has 67 heavy (non-hydrogen) atoms. The Hall–Kier alpha value is -5.84. The van der Waals surface area contributed by atoms with Crippen LogP contribution in [0.5, 0.6) is 17.2 Å². The van der Waals surface area contributed by atoms with Gasteiger partial charge in [-0.2, -0.15) is 0 Å². The van der Waals surface area contributed by atoms with Crippen LogP contribution in [0.25, 0.3) is 33.3 Å². The van der Waals surface area contributed by atoms with Crippen LogP contribution >= 0.6 is 0 Å². The lowest BCUT2D eigenvalue weighted by Crippen LogP contribution is -2.48. The van der Waals surface area contributed by atoms with Crippen molar-refractivity contribution in [1.29, 1.82) is 0 Å². The second kappa shape index (κ2) is 19.4. The first-order chi connectivity index (χ1) is 31.3. The molecule has 1 aliphatic carbocycles. The van der Waals surface area contributed by atoms with E-state index in [4.69, 9.17) is 28.1 Å². The van der Waals surface area contributed by atoms with E-state index in [1.165, 1.54) is 53.2 Å². The molecule has 0 aromatic heterocycles. The maximum absolute atomic E-state index is 16.2. The number of benzene rings is 3. The van der Waals surface area contributed by atoms with Gasteiger partial charge in [0.2, 0.25) is 5.43 Å². The molecule has 15 nitrogen and oxygen atoms in total. The molecule has 0 saturated heterocycles. The number of amides is 1. The maximum atomic E-state index is 16.2. The number of likely N-dealkylation sites (N-methyl/N-ethyl adjacent to an activating group) is 1. The normalized spacial score (nSPS) is 28.3. The Labute approximate surface area is 390 Å². The Bertz CT molecular complexity index is 2700. The van der Waals surface area contributed by atoms with E-state index < -0.39 is 75.7 Å². The Kier molecular flexibility index (Phi) is 14.6. The molecule has 0 unspecified atom stereocenters. The average Bonchev–Trinajstić information content (AvgIpc) is 3.53. The van der Waals surface area contributed by atoms with Gasteiger partial charge in [0.15, 0.2) is 17.2 Å². The summed E-state index contributed by atoms with van der Waals surface area (Å²) < 4.78 is 53.3. The maximum Gasteiger partial charge on any atom is 0.312 e. The molecule has 2 aromatic carbocycles. The van der Waals surface area contributed by atoms with Gasteiger partial charge in [-0.25, -0.2) is 9.37 Å². The topological polar surface area (TPSA) is 193 Å². The monoisotopic (exact) mass is 930 g/mol. The van der Waals surface area contributed by atoms with Crippen LogP contribution in [0.3, 0.4) is 0 Å². The molecular formula is C51H65FN3O12+. The molecule has 9 atom stereocenters. The van der Waals surface area contributed by atoms with Crippen molar-refractivity contribution in [3.05, 3.63) is 75.4 Å². The lowest BCUT2D eigenvalue weighted by atomic mass is 9.73. The van der Waals surface area contributed by atoms with Gasteiger partial charge in [0.25, 0.3) is 11.7 Å². The summed E-state index contributed by atoms with van der Waals surface area (Å²) in [7, 11) is 5.59. The number of Topliss-reactive ketones (excluding diaryl/α,β-unsaturated/α-hetero) is 1. The number of allylic oxidation sites excluding steroid dienone is 2. The van der Waals surface area contributed by atoms with E-state index in [0.717, 1.165) is 6.07 Å². The number of nitrogens with zero attached hydrogens (tertiary/aromatic N) is 2. The number of hydrogen-bond acceptors (Lipinski definition) is 13. The zero-order valence-electron chi connectivity index (χ0n) is 40.9. The number of ether oxygens (including phenoxy) is 5.